The smallest absolute Gasteiger partial charge is 0.389 e. The Bertz CT molecular complexity index is 746. The molecule has 0 aliphatic carbocycles. The summed E-state index contributed by atoms with van der Waals surface area (Å²) in [5.74, 6) is 0. The normalized spacial score (nSPS) is 16.6. The number of hydrogen-bond acceptors (Lipinski definition) is 4. The lowest BCUT2D eigenvalue weighted by Crippen LogP contribution is -2.41. The number of anilines is 1. The Balaban J connectivity index is 1.95. The van der Waals surface area contributed by atoms with Crippen LogP contribution < -0.4 is 5.73 Å². The number of nitriles is 1. The first kappa shape index (κ1) is 15.8. The monoisotopic (exact) mass is 337 g/mol. The summed E-state index contributed by atoms with van der Waals surface area (Å²) in [5.41, 5.74) is 7.27. The van der Waals surface area contributed by atoms with E-state index in [4.69, 9.17) is 11.0 Å². The predicted octanol–water partition coefficient (Wildman–Crippen LogP) is 3.86. The fourth-order valence-electron chi connectivity index (χ4n) is 3.03. The molecule has 2 heterocycles. The molecule has 0 amide bonds. The quantitative estimate of drug-likeness (QED) is 0.905. The van der Waals surface area contributed by atoms with E-state index in [0.29, 0.717) is 17.0 Å². The van der Waals surface area contributed by atoms with Gasteiger partial charge in [0, 0.05) is 18.0 Å². The zero-order valence-corrected chi connectivity index (χ0v) is 12.9. The first-order chi connectivity index (χ1) is 10.9. The standard InChI is InChI=1S/C16H14F3N3S/c17-16(18,19)14(10-4-2-1-3-5-10)22-7-6-11-12(8-20)15(21)23-13(11)9-22/h1-5,14H,6-7,9,21H2. The minimum Gasteiger partial charge on any atom is -0.389 e. The topological polar surface area (TPSA) is 53.1 Å². The van der Waals surface area contributed by atoms with Crippen LogP contribution in [0.2, 0.25) is 0 Å². The van der Waals surface area contributed by atoms with Crippen molar-refractivity contribution in [3.63, 3.8) is 0 Å². The summed E-state index contributed by atoms with van der Waals surface area (Å²) >= 11 is 1.21. The van der Waals surface area contributed by atoms with Gasteiger partial charge in [0.2, 0.25) is 0 Å². The van der Waals surface area contributed by atoms with E-state index in [2.05, 4.69) is 6.07 Å². The molecule has 120 valence electrons. The highest BCUT2D eigenvalue weighted by atomic mass is 32.1. The number of hydrogen-bond donors (Lipinski definition) is 1. The summed E-state index contributed by atoms with van der Waals surface area (Å²) in [6.07, 6.45) is -3.95. The number of benzene rings is 1. The van der Waals surface area contributed by atoms with Gasteiger partial charge in [0.1, 0.15) is 17.1 Å². The lowest BCUT2D eigenvalue weighted by molar-refractivity contribution is -0.188. The van der Waals surface area contributed by atoms with Gasteiger partial charge in [-0.15, -0.1) is 11.3 Å². The molecule has 0 saturated carbocycles. The molecule has 2 N–H and O–H groups in total. The fourth-order valence-corrected chi connectivity index (χ4v) is 4.12. The first-order valence-corrected chi connectivity index (χ1v) is 7.89. The minimum atomic E-state index is -4.36. The largest absolute Gasteiger partial charge is 0.408 e. The average molecular weight is 337 g/mol. The number of halogens is 3. The molecule has 3 nitrogen and oxygen atoms in total. The third-order valence-electron chi connectivity index (χ3n) is 4.02. The molecule has 2 aromatic rings. The molecule has 1 aromatic carbocycles. The third kappa shape index (κ3) is 2.92. The van der Waals surface area contributed by atoms with Crippen LogP contribution in [-0.2, 0) is 13.0 Å². The highest BCUT2D eigenvalue weighted by Crippen LogP contribution is 2.42. The fraction of sp³-hybridized carbons (Fsp3) is 0.312. The van der Waals surface area contributed by atoms with Crippen LogP contribution >= 0.6 is 11.3 Å². The van der Waals surface area contributed by atoms with Crippen molar-refractivity contribution >= 4 is 16.3 Å². The van der Waals surface area contributed by atoms with Gasteiger partial charge >= 0.3 is 6.18 Å². The SMILES string of the molecule is N#Cc1c(N)sc2c1CCN(C(c1ccccc1)C(F)(F)F)C2. The zero-order chi connectivity index (χ0) is 16.6. The van der Waals surface area contributed by atoms with Crippen LogP contribution in [0.5, 0.6) is 0 Å². The molecular weight excluding hydrogens is 323 g/mol. The minimum absolute atomic E-state index is 0.158. The van der Waals surface area contributed by atoms with Crippen LogP contribution in [0.4, 0.5) is 18.2 Å². The van der Waals surface area contributed by atoms with Gasteiger partial charge in [0.05, 0.1) is 5.56 Å². The van der Waals surface area contributed by atoms with Crippen molar-refractivity contribution in [2.24, 2.45) is 0 Å². The van der Waals surface area contributed by atoms with Crippen LogP contribution in [0, 0.1) is 11.3 Å². The molecule has 3 rings (SSSR count). The van der Waals surface area contributed by atoms with Crippen molar-refractivity contribution < 1.29 is 13.2 Å². The zero-order valence-electron chi connectivity index (χ0n) is 12.1. The summed E-state index contributed by atoms with van der Waals surface area (Å²) < 4.78 is 40.8. The van der Waals surface area contributed by atoms with E-state index in [0.717, 1.165) is 10.4 Å². The third-order valence-corrected chi connectivity index (χ3v) is 5.06. The van der Waals surface area contributed by atoms with Gasteiger partial charge in [-0.25, -0.2) is 0 Å². The maximum absolute atomic E-state index is 13.6. The Hall–Kier alpha value is -2.04. The summed E-state index contributed by atoms with van der Waals surface area (Å²) in [6, 6.07) is 8.32. The van der Waals surface area contributed by atoms with Gasteiger partial charge in [-0.05, 0) is 17.5 Å². The summed E-state index contributed by atoms with van der Waals surface area (Å²) in [7, 11) is 0. The number of nitrogens with zero attached hydrogens (tertiary/aromatic N) is 2. The van der Waals surface area contributed by atoms with Gasteiger partial charge in [-0.2, -0.15) is 18.4 Å². The van der Waals surface area contributed by atoms with E-state index < -0.39 is 12.2 Å². The van der Waals surface area contributed by atoms with E-state index in [9.17, 15) is 13.2 Å². The maximum Gasteiger partial charge on any atom is 0.408 e. The van der Waals surface area contributed by atoms with E-state index >= 15 is 0 Å². The van der Waals surface area contributed by atoms with Crippen molar-refractivity contribution in [3.05, 3.63) is 51.9 Å². The molecular formula is C16H14F3N3S. The number of nitrogens with two attached hydrogens (primary N) is 1. The highest BCUT2D eigenvalue weighted by Gasteiger charge is 2.45. The molecule has 0 fully saturated rings. The van der Waals surface area contributed by atoms with Crippen LogP contribution in [-0.4, -0.2) is 17.6 Å². The second-order valence-electron chi connectivity index (χ2n) is 5.43. The van der Waals surface area contributed by atoms with Crippen LogP contribution in [0.15, 0.2) is 30.3 Å². The van der Waals surface area contributed by atoms with E-state index in [1.54, 1.807) is 18.2 Å². The number of alkyl halides is 3. The molecule has 0 spiro atoms. The molecule has 0 bridgehead atoms. The number of fused-ring (bicyclic) bond motifs is 1. The Morgan fingerprint density at radius 3 is 2.57 bits per heavy atom. The van der Waals surface area contributed by atoms with Crippen molar-refractivity contribution in [3.8, 4) is 6.07 Å². The van der Waals surface area contributed by atoms with E-state index in [1.165, 1.54) is 28.4 Å². The van der Waals surface area contributed by atoms with Crippen molar-refractivity contribution in [1.82, 2.24) is 4.90 Å². The summed E-state index contributed by atoms with van der Waals surface area (Å²) in [5, 5.41) is 9.52. The lowest BCUT2D eigenvalue weighted by Gasteiger charge is -2.35. The van der Waals surface area contributed by atoms with Crippen LogP contribution in [0.3, 0.4) is 0 Å². The Labute approximate surface area is 135 Å². The van der Waals surface area contributed by atoms with Crippen molar-refractivity contribution in [2.75, 3.05) is 12.3 Å². The average Bonchev–Trinajstić information content (AvgIpc) is 2.81. The summed E-state index contributed by atoms with van der Waals surface area (Å²) in [6.45, 7) is 0.405. The molecule has 1 unspecified atom stereocenters. The van der Waals surface area contributed by atoms with Gasteiger partial charge < -0.3 is 5.73 Å². The second-order valence-corrected chi connectivity index (χ2v) is 6.57. The van der Waals surface area contributed by atoms with Crippen LogP contribution in [0.25, 0.3) is 0 Å². The molecule has 7 heteroatoms. The summed E-state index contributed by atoms with van der Waals surface area (Å²) in [4.78, 5) is 2.17. The van der Waals surface area contributed by atoms with Crippen molar-refractivity contribution in [1.29, 1.82) is 5.26 Å². The molecule has 1 aromatic heterocycles. The first-order valence-electron chi connectivity index (χ1n) is 7.07. The van der Waals surface area contributed by atoms with Gasteiger partial charge in [0.25, 0.3) is 0 Å². The van der Waals surface area contributed by atoms with Crippen molar-refractivity contribution in [2.45, 2.75) is 25.2 Å². The molecule has 0 saturated heterocycles. The molecule has 1 aliphatic heterocycles. The van der Waals surface area contributed by atoms with Gasteiger partial charge in [0.15, 0.2) is 0 Å². The Kier molecular flexibility index (Phi) is 4.04. The molecule has 23 heavy (non-hydrogen) atoms. The molecule has 0 radical (unpaired) electrons. The van der Waals surface area contributed by atoms with E-state index in [1.807, 2.05) is 0 Å². The Morgan fingerprint density at radius 2 is 1.96 bits per heavy atom. The predicted molar refractivity (Wildman–Crippen MR) is 82.8 cm³/mol. The number of thiophene rings is 1. The molecule has 1 aliphatic rings. The Morgan fingerprint density at radius 1 is 1.26 bits per heavy atom. The maximum atomic E-state index is 13.6. The highest BCUT2D eigenvalue weighted by molar-refractivity contribution is 7.16. The lowest BCUT2D eigenvalue weighted by atomic mass is 9.99. The van der Waals surface area contributed by atoms with Gasteiger partial charge in [-0.3, -0.25) is 4.90 Å². The molecule has 1 atom stereocenters. The van der Waals surface area contributed by atoms with Gasteiger partial charge in [-0.1, -0.05) is 30.3 Å². The van der Waals surface area contributed by atoms with Crippen LogP contribution in [0.1, 0.15) is 27.6 Å². The van der Waals surface area contributed by atoms with E-state index in [-0.39, 0.29) is 18.7 Å². The number of rotatable bonds is 2. The number of nitrogen functional groups attached to an aromatic ring is 1. The second kappa shape index (κ2) is 5.87.